The molecule has 1 aromatic heterocycles. The Balaban J connectivity index is 1.43. The molecule has 1 fully saturated rings. The number of hydrogen-bond acceptors (Lipinski definition) is 8. The summed E-state index contributed by atoms with van der Waals surface area (Å²) >= 11 is 0. The smallest absolute Gasteiger partial charge is 0.410 e. The molecule has 1 aromatic carbocycles. The summed E-state index contributed by atoms with van der Waals surface area (Å²) in [5.74, 6) is 1.35. The van der Waals surface area contributed by atoms with Crippen LogP contribution in [0.2, 0.25) is 0 Å². The second kappa shape index (κ2) is 9.35. The van der Waals surface area contributed by atoms with E-state index in [1.54, 1.807) is 17.0 Å². The number of hydrogen-bond donors (Lipinski definition) is 1. The van der Waals surface area contributed by atoms with Gasteiger partial charge in [-0.05, 0) is 70.3 Å². The van der Waals surface area contributed by atoms with E-state index in [-0.39, 0.29) is 11.0 Å². The van der Waals surface area contributed by atoms with Gasteiger partial charge in [-0.15, -0.1) is 0 Å². The van der Waals surface area contributed by atoms with Crippen molar-refractivity contribution in [1.82, 2.24) is 20.4 Å². The van der Waals surface area contributed by atoms with Crippen LogP contribution in [0.3, 0.4) is 0 Å². The number of sulfone groups is 1. The summed E-state index contributed by atoms with van der Waals surface area (Å²) in [6, 6.07) is 6.39. The van der Waals surface area contributed by atoms with Crippen molar-refractivity contribution >= 4 is 15.9 Å². The van der Waals surface area contributed by atoms with E-state index in [0.717, 1.165) is 19.4 Å². The molecule has 1 aliphatic rings. The molecule has 1 N–H and O–H groups in total. The van der Waals surface area contributed by atoms with E-state index in [9.17, 15) is 13.2 Å². The summed E-state index contributed by atoms with van der Waals surface area (Å²) < 4.78 is 33.8. The molecule has 0 spiro atoms. The zero-order valence-electron chi connectivity index (χ0n) is 18.4. The van der Waals surface area contributed by atoms with Gasteiger partial charge in [0.05, 0.1) is 11.4 Å². The number of ether oxygens (including phenoxy) is 1. The Morgan fingerprint density at radius 1 is 1.23 bits per heavy atom. The maximum absolute atomic E-state index is 12.1. The number of amides is 1. The Morgan fingerprint density at radius 2 is 1.87 bits per heavy atom. The van der Waals surface area contributed by atoms with Gasteiger partial charge in [-0.2, -0.15) is 4.98 Å². The molecule has 0 unspecified atom stereocenters. The molecule has 0 saturated carbocycles. The fourth-order valence-electron chi connectivity index (χ4n) is 3.32. The molecule has 170 valence electrons. The Labute approximate surface area is 183 Å². The molecule has 2 aromatic rings. The minimum Gasteiger partial charge on any atom is -0.444 e. The summed E-state index contributed by atoms with van der Waals surface area (Å²) in [7, 11) is -3.24. The predicted octanol–water partition coefficient (Wildman–Crippen LogP) is 2.88. The number of benzene rings is 1. The molecule has 0 atom stereocenters. The average molecular weight is 451 g/mol. The molecule has 9 nitrogen and oxygen atoms in total. The lowest BCUT2D eigenvalue weighted by Gasteiger charge is -2.33. The molecule has 1 amide bonds. The largest absolute Gasteiger partial charge is 0.444 e. The van der Waals surface area contributed by atoms with Gasteiger partial charge in [0.2, 0.25) is 11.7 Å². The third-order valence-corrected chi connectivity index (χ3v) is 6.11. The molecule has 0 aliphatic carbocycles. The molecule has 2 heterocycles. The topological polar surface area (TPSA) is 115 Å². The lowest BCUT2D eigenvalue weighted by atomic mass is 9.97. The summed E-state index contributed by atoms with van der Waals surface area (Å²) in [5.41, 5.74) is 0.214. The fourth-order valence-corrected chi connectivity index (χ4v) is 3.95. The van der Waals surface area contributed by atoms with E-state index < -0.39 is 15.4 Å². The zero-order valence-corrected chi connectivity index (χ0v) is 19.2. The molecule has 1 aliphatic heterocycles. The van der Waals surface area contributed by atoms with E-state index in [2.05, 4.69) is 15.5 Å². The molecule has 0 radical (unpaired) electrons. The van der Waals surface area contributed by atoms with Crippen LogP contribution in [0.4, 0.5) is 4.79 Å². The first-order valence-corrected chi connectivity index (χ1v) is 12.2. The number of rotatable bonds is 6. The van der Waals surface area contributed by atoms with Crippen LogP contribution in [-0.4, -0.2) is 61.0 Å². The van der Waals surface area contributed by atoms with Crippen molar-refractivity contribution in [3.05, 3.63) is 30.2 Å². The maximum Gasteiger partial charge on any atom is 0.410 e. The van der Waals surface area contributed by atoms with E-state index in [0.29, 0.717) is 42.8 Å². The van der Waals surface area contributed by atoms with Crippen LogP contribution in [0.15, 0.2) is 33.7 Å². The molecule has 1 saturated heterocycles. The van der Waals surface area contributed by atoms with Gasteiger partial charge in [0.25, 0.3) is 0 Å². The van der Waals surface area contributed by atoms with Crippen LogP contribution >= 0.6 is 0 Å². The van der Waals surface area contributed by atoms with E-state index in [1.165, 1.54) is 18.4 Å². The van der Waals surface area contributed by atoms with Crippen molar-refractivity contribution in [3.8, 4) is 11.4 Å². The van der Waals surface area contributed by atoms with Gasteiger partial charge < -0.3 is 19.5 Å². The number of aromatic nitrogens is 2. The fraction of sp³-hybridized carbons (Fsp3) is 0.571. The van der Waals surface area contributed by atoms with E-state index in [1.807, 2.05) is 20.8 Å². The Kier molecular flexibility index (Phi) is 7.00. The molecule has 0 bridgehead atoms. The standard InChI is InChI=1S/C21H30N4O5S/c1-21(2,3)29-20(26)25-11-9-15(10-12-25)13-22-14-18-23-19(24-30-18)16-5-7-17(8-6-16)31(4,27)28/h5-8,15,22H,9-14H2,1-4H3. The van der Waals surface area contributed by atoms with E-state index >= 15 is 0 Å². The van der Waals surface area contributed by atoms with Crippen LogP contribution in [0, 0.1) is 5.92 Å². The van der Waals surface area contributed by atoms with Gasteiger partial charge in [-0.25, -0.2) is 13.2 Å². The SMILES string of the molecule is CC(C)(C)OC(=O)N1CCC(CNCc2nc(-c3ccc(S(C)(=O)=O)cc3)no2)CC1. The minimum absolute atomic E-state index is 0.248. The summed E-state index contributed by atoms with van der Waals surface area (Å²) in [4.78, 5) is 18.5. The van der Waals surface area contributed by atoms with Crippen molar-refractivity contribution in [2.45, 2.75) is 50.7 Å². The monoisotopic (exact) mass is 450 g/mol. The van der Waals surface area contributed by atoms with Gasteiger partial charge in [-0.1, -0.05) is 5.16 Å². The van der Waals surface area contributed by atoms with Gasteiger partial charge in [0.15, 0.2) is 9.84 Å². The predicted molar refractivity (Wildman–Crippen MR) is 115 cm³/mol. The average Bonchev–Trinajstić information content (AvgIpc) is 3.15. The van der Waals surface area contributed by atoms with Crippen molar-refractivity contribution in [3.63, 3.8) is 0 Å². The van der Waals surface area contributed by atoms with Crippen molar-refractivity contribution in [2.75, 3.05) is 25.9 Å². The third-order valence-electron chi connectivity index (χ3n) is 4.98. The van der Waals surface area contributed by atoms with Gasteiger partial charge >= 0.3 is 6.09 Å². The third kappa shape index (κ3) is 6.76. The lowest BCUT2D eigenvalue weighted by molar-refractivity contribution is 0.0184. The van der Waals surface area contributed by atoms with Crippen LogP contribution in [0.1, 0.15) is 39.5 Å². The number of carbonyl (C=O) groups excluding carboxylic acids is 1. The Morgan fingerprint density at radius 3 is 2.45 bits per heavy atom. The minimum atomic E-state index is -3.24. The summed E-state index contributed by atoms with van der Waals surface area (Å²) in [5, 5.41) is 7.31. The number of likely N-dealkylation sites (tertiary alicyclic amines) is 1. The number of carbonyl (C=O) groups is 1. The molecular formula is C21H30N4O5S. The second-order valence-corrected chi connectivity index (χ2v) is 10.9. The highest BCUT2D eigenvalue weighted by Gasteiger charge is 2.26. The summed E-state index contributed by atoms with van der Waals surface area (Å²) in [6.07, 6.45) is 2.74. The first kappa shape index (κ1) is 23.2. The number of nitrogens with zero attached hydrogens (tertiary/aromatic N) is 3. The van der Waals surface area contributed by atoms with E-state index in [4.69, 9.17) is 9.26 Å². The van der Waals surface area contributed by atoms with Gasteiger partial charge in [-0.3, -0.25) is 0 Å². The van der Waals surface area contributed by atoms with Crippen molar-refractivity contribution in [1.29, 1.82) is 0 Å². The number of nitrogens with one attached hydrogen (secondary N) is 1. The molecule has 31 heavy (non-hydrogen) atoms. The van der Waals surface area contributed by atoms with Gasteiger partial charge in [0, 0.05) is 24.9 Å². The highest BCUT2D eigenvalue weighted by atomic mass is 32.2. The lowest BCUT2D eigenvalue weighted by Crippen LogP contribution is -2.43. The quantitative estimate of drug-likeness (QED) is 0.714. The van der Waals surface area contributed by atoms with Crippen LogP contribution in [-0.2, 0) is 21.1 Å². The highest BCUT2D eigenvalue weighted by molar-refractivity contribution is 7.90. The first-order valence-electron chi connectivity index (χ1n) is 10.3. The van der Waals surface area contributed by atoms with Gasteiger partial charge in [0.1, 0.15) is 5.60 Å². The van der Waals surface area contributed by atoms with Crippen LogP contribution in [0.5, 0.6) is 0 Å². The normalized spacial score (nSPS) is 15.8. The second-order valence-electron chi connectivity index (χ2n) is 8.85. The Bertz CT molecular complexity index is 988. The zero-order chi connectivity index (χ0) is 22.6. The maximum atomic E-state index is 12.1. The summed E-state index contributed by atoms with van der Waals surface area (Å²) in [6.45, 7) is 8.23. The van der Waals surface area contributed by atoms with Crippen molar-refractivity contribution in [2.24, 2.45) is 5.92 Å². The first-order chi connectivity index (χ1) is 14.5. The van der Waals surface area contributed by atoms with Crippen LogP contribution < -0.4 is 5.32 Å². The van der Waals surface area contributed by atoms with Crippen molar-refractivity contribution < 1.29 is 22.5 Å². The number of piperidine rings is 1. The molecular weight excluding hydrogens is 420 g/mol. The molecule has 3 rings (SSSR count). The Hall–Kier alpha value is -2.46. The highest BCUT2D eigenvalue weighted by Crippen LogP contribution is 2.20. The van der Waals surface area contributed by atoms with Crippen LogP contribution in [0.25, 0.3) is 11.4 Å². The molecule has 10 heteroatoms.